The second kappa shape index (κ2) is 16.1. The Morgan fingerprint density at radius 3 is 2.10 bits per heavy atom. The Hall–Kier alpha value is -5.94. The van der Waals surface area contributed by atoms with Crippen molar-refractivity contribution in [2.45, 2.75) is 4.90 Å². The van der Waals surface area contributed by atoms with Gasteiger partial charge in [0.2, 0.25) is 5.91 Å². The highest BCUT2D eigenvalue weighted by Crippen LogP contribution is 2.32. The van der Waals surface area contributed by atoms with Crippen molar-refractivity contribution < 1.29 is 33.0 Å². The number of hydrogen-bond donors (Lipinski definition) is 3. The maximum Gasteiger partial charge on any atom is 0.272 e. The summed E-state index contributed by atoms with van der Waals surface area (Å²) in [7, 11) is 4.66. The zero-order valence-electron chi connectivity index (χ0n) is 26.4. The molecule has 244 valence electrons. The van der Waals surface area contributed by atoms with Crippen molar-refractivity contribution in [3.8, 4) is 28.6 Å². The molecule has 48 heavy (non-hydrogen) atoms. The van der Waals surface area contributed by atoms with Crippen molar-refractivity contribution in [2.24, 2.45) is 0 Å². The summed E-state index contributed by atoms with van der Waals surface area (Å²) in [5, 5.41) is 8.38. The predicted molar refractivity (Wildman–Crippen MR) is 187 cm³/mol. The number of benzene rings is 4. The highest BCUT2D eigenvalue weighted by atomic mass is 32.2. The molecular formula is C37H33N3O7S. The number of thioether (sulfide) groups is 1. The molecule has 4 aromatic carbocycles. The third-order valence-corrected chi connectivity index (χ3v) is 7.94. The molecule has 3 amide bonds. The van der Waals surface area contributed by atoms with Crippen molar-refractivity contribution in [3.05, 3.63) is 126 Å². The van der Waals surface area contributed by atoms with Gasteiger partial charge in [0.05, 0.1) is 32.6 Å². The Kier molecular flexibility index (Phi) is 11.2. The summed E-state index contributed by atoms with van der Waals surface area (Å²) in [6.45, 7) is 0. The zero-order chi connectivity index (χ0) is 33.9. The molecule has 0 radical (unpaired) electrons. The van der Waals surface area contributed by atoms with Crippen LogP contribution in [0.1, 0.15) is 16.1 Å². The first-order valence-electron chi connectivity index (χ1n) is 14.7. The normalized spacial score (nSPS) is 10.9. The van der Waals surface area contributed by atoms with Gasteiger partial charge in [-0.3, -0.25) is 14.4 Å². The van der Waals surface area contributed by atoms with Crippen LogP contribution in [0, 0.1) is 0 Å². The SMILES string of the molecule is COc1cc(NC(=O)CSc2ccc(NC(=O)/C(=C/c3ccc(-c4ccccc4OC)o3)NC(=O)c3ccccc3)cc2)cc(OC)c1. The Labute approximate surface area is 282 Å². The van der Waals surface area contributed by atoms with Gasteiger partial charge in [0, 0.05) is 46.1 Å². The van der Waals surface area contributed by atoms with Crippen LogP contribution in [-0.2, 0) is 9.59 Å². The van der Waals surface area contributed by atoms with E-state index >= 15 is 0 Å². The average Bonchev–Trinajstić information content (AvgIpc) is 3.59. The minimum Gasteiger partial charge on any atom is -0.497 e. The second-order valence-electron chi connectivity index (χ2n) is 10.2. The first-order valence-corrected chi connectivity index (χ1v) is 15.7. The molecule has 3 N–H and O–H groups in total. The lowest BCUT2D eigenvalue weighted by molar-refractivity contribution is -0.114. The number of anilines is 2. The van der Waals surface area contributed by atoms with Crippen molar-refractivity contribution in [1.29, 1.82) is 0 Å². The molecule has 0 unspecified atom stereocenters. The number of hydrogen-bond acceptors (Lipinski definition) is 8. The fraction of sp³-hybridized carbons (Fsp3) is 0.108. The van der Waals surface area contributed by atoms with Gasteiger partial charge in [-0.05, 0) is 60.7 Å². The number of methoxy groups -OCH3 is 3. The van der Waals surface area contributed by atoms with E-state index in [1.54, 1.807) is 106 Å². The quantitative estimate of drug-likeness (QED) is 0.0898. The monoisotopic (exact) mass is 663 g/mol. The van der Waals surface area contributed by atoms with Crippen LogP contribution >= 0.6 is 11.8 Å². The maximum atomic E-state index is 13.5. The molecule has 0 aliphatic carbocycles. The number of amides is 3. The van der Waals surface area contributed by atoms with Crippen LogP contribution in [0.15, 0.2) is 124 Å². The molecule has 0 aliphatic heterocycles. The lowest BCUT2D eigenvalue weighted by Gasteiger charge is -2.12. The van der Waals surface area contributed by atoms with E-state index in [9.17, 15) is 14.4 Å². The van der Waals surface area contributed by atoms with Gasteiger partial charge in [0.15, 0.2) is 0 Å². The second-order valence-corrected chi connectivity index (χ2v) is 11.2. The van der Waals surface area contributed by atoms with E-state index in [-0.39, 0.29) is 17.4 Å². The molecule has 0 fully saturated rings. The molecule has 10 nitrogen and oxygen atoms in total. The summed E-state index contributed by atoms with van der Waals surface area (Å²) >= 11 is 1.34. The van der Waals surface area contributed by atoms with E-state index in [2.05, 4.69) is 16.0 Å². The third kappa shape index (κ3) is 8.86. The first-order chi connectivity index (χ1) is 23.3. The van der Waals surface area contributed by atoms with Crippen molar-refractivity contribution in [1.82, 2.24) is 5.32 Å². The summed E-state index contributed by atoms with van der Waals surface area (Å²) < 4.78 is 22.0. The van der Waals surface area contributed by atoms with E-state index < -0.39 is 11.8 Å². The highest BCUT2D eigenvalue weighted by Gasteiger charge is 2.17. The van der Waals surface area contributed by atoms with Gasteiger partial charge in [-0.2, -0.15) is 0 Å². The van der Waals surface area contributed by atoms with Gasteiger partial charge in [-0.1, -0.05) is 30.3 Å². The molecule has 1 aromatic heterocycles. The Balaban J connectivity index is 1.27. The zero-order valence-corrected chi connectivity index (χ0v) is 27.3. The smallest absolute Gasteiger partial charge is 0.272 e. The lowest BCUT2D eigenvalue weighted by atomic mass is 10.1. The molecule has 0 bridgehead atoms. The molecule has 11 heteroatoms. The van der Waals surface area contributed by atoms with Crippen LogP contribution in [0.3, 0.4) is 0 Å². The average molecular weight is 664 g/mol. The predicted octanol–water partition coefficient (Wildman–Crippen LogP) is 7.11. The molecule has 0 saturated heterocycles. The van der Waals surface area contributed by atoms with Crippen LogP contribution in [-0.4, -0.2) is 44.8 Å². The topological polar surface area (TPSA) is 128 Å². The minimum atomic E-state index is -0.553. The number of nitrogens with one attached hydrogen (secondary N) is 3. The van der Waals surface area contributed by atoms with Crippen molar-refractivity contribution in [3.63, 3.8) is 0 Å². The molecule has 0 atom stereocenters. The largest absolute Gasteiger partial charge is 0.497 e. The van der Waals surface area contributed by atoms with Crippen LogP contribution < -0.4 is 30.2 Å². The lowest BCUT2D eigenvalue weighted by Crippen LogP contribution is -2.30. The van der Waals surface area contributed by atoms with Crippen LogP contribution in [0.5, 0.6) is 17.2 Å². The first kappa shape index (κ1) is 33.4. The summed E-state index contributed by atoms with van der Waals surface area (Å²) in [6, 6.07) is 31.6. The van der Waals surface area contributed by atoms with Crippen LogP contribution in [0.2, 0.25) is 0 Å². The van der Waals surface area contributed by atoms with Gasteiger partial charge < -0.3 is 34.6 Å². The fourth-order valence-electron chi connectivity index (χ4n) is 4.57. The molecular weight excluding hydrogens is 630 g/mol. The number of para-hydroxylation sites is 1. The van der Waals surface area contributed by atoms with E-state index in [0.29, 0.717) is 45.7 Å². The summed E-state index contributed by atoms with van der Waals surface area (Å²) in [6.07, 6.45) is 1.47. The number of ether oxygens (including phenoxy) is 3. The Bertz CT molecular complexity index is 1900. The summed E-state index contributed by atoms with van der Waals surface area (Å²) in [5.41, 5.74) is 2.17. The summed E-state index contributed by atoms with van der Waals surface area (Å²) in [4.78, 5) is 40.0. The molecule has 0 saturated carbocycles. The molecule has 5 aromatic rings. The van der Waals surface area contributed by atoms with Gasteiger partial charge in [0.25, 0.3) is 11.8 Å². The molecule has 1 heterocycles. The molecule has 5 rings (SSSR count). The minimum absolute atomic E-state index is 0.0194. The van der Waals surface area contributed by atoms with Gasteiger partial charge >= 0.3 is 0 Å². The van der Waals surface area contributed by atoms with E-state index in [1.165, 1.54) is 17.8 Å². The number of rotatable bonds is 13. The summed E-state index contributed by atoms with van der Waals surface area (Å²) in [5.74, 6) is 1.60. The van der Waals surface area contributed by atoms with Crippen molar-refractivity contribution >= 4 is 46.9 Å². The molecule has 0 spiro atoms. The van der Waals surface area contributed by atoms with E-state index in [1.807, 2.05) is 24.3 Å². The van der Waals surface area contributed by atoms with Gasteiger partial charge in [-0.25, -0.2) is 0 Å². The van der Waals surface area contributed by atoms with E-state index in [4.69, 9.17) is 18.6 Å². The molecule has 0 aliphatic rings. The Morgan fingerprint density at radius 1 is 0.729 bits per heavy atom. The standard InChI is InChI=1S/C37H33N3O7S/c1-44-28-19-26(20-29(21-28)45-2)38-35(41)23-48-30-16-13-25(14-17-30)39-37(43)32(40-36(42)24-9-5-4-6-10-24)22-27-15-18-34(47-27)31-11-7-8-12-33(31)46-3/h4-22H,23H2,1-3H3,(H,38,41)(H,39,43)(H,40,42)/b32-22-. The van der Waals surface area contributed by atoms with Crippen LogP contribution in [0.4, 0.5) is 11.4 Å². The van der Waals surface area contributed by atoms with Crippen molar-refractivity contribution in [2.75, 3.05) is 37.7 Å². The highest BCUT2D eigenvalue weighted by molar-refractivity contribution is 8.00. The third-order valence-electron chi connectivity index (χ3n) is 6.93. The fourth-order valence-corrected chi connectivity index (χ4v) is 5.26. The van der Waals surface area contributed by atoms with Gasteiger partial charge in [0.1, 0.15) is 34.5 Å². The number of carbonyl (C=O) groups is 3. The number of carbonyl (C=O) groups excluding carboxylic acids is 3. The van der Waals surface area contributed by atoms with Gasteiger partial charge in [-0.15, -0.1) is 11.8 Å². The maximum absolute atomic E-state index is 13.5. The van der Waals surface area contributed by atoms with Crippen LogP contribution in [0.25, 0.3) is 17.4 Å². The Morgan fingerprint density at radius 2 is 1.42 bits per heavy atom. The number of furan rings is 1. The van der Waals surface area contributed by atoms with E-state index in [0.717, 1.165) is 10.5 Å².